The van der Waals surface area contributed by atoms with Crippen LogP contribution in [-0.2, 0) is 9.84 Å². The van der Waals surface area contributed by atoms with Gasteiger partial charge >= 0.3 is 0 Å². The molecule has 0 saturated heterocycles. The minimum absolute atomic E-state index is 0.104. The lowest BCUT2D eigenvalue weighted by Gasteiger charge is -2.50. The second-order valence-corrected chi connectivity index (χ2v) is 7.57. The molecule has 2 atom stereocenters. The molecule has 1 aromatic rings. The highest BCUT2D eigenvalue weighted by molar-refractivity contribution is 7.90. The van der Waals surface area contributed by atoms with Crippen LogP contribution in [0.5, 0.6) is 0 Å². The second kappa shape index (κ2) is 3.82. The number of benzene rings is 1. The van der Waals surface area contributed by atoms with E-state index in [2.05, 4.69) is 13.8 Å². The zero-order valence-electron chi connectivity index (χ0n) is 10.5. The Hall–Kier alpha value is -0.870. The highest BCUT2D eigenvalue weighted by Gasteiger charge is 2.46. The van der Waals surface area contributed by atoms with Gasteiger partial charge < -0.3 is 5.73 Å². The Morgan fingerprint density at radius 1 is 1.24 bits per heavy atom. The summed E-state index contributed by atoms with van der Waals surface area (Å²) in [6.07, 6.45) is 2.20. The molecule has 94 valence electrons. The first-order valence-electron chi connectivity index (χ1n) is 5.78. The lowest BCUT2D eigenvalue weighted by molar-refractivity contribution is 0.0984. The molecule has 3 nitrogen and oxygen atoms in total. The average molecular weight is 253 g/mol. The van der Waals surface area contributed by atoms with Gasteiger partial charge in [-0.25, -0.2) is 8.42 Å². The molecular formula is C13H19NO2S. The summed E-state index contributed by atoms with van der Waals surface area (Å²) < 4.78 is 22.7. The molecule has 0 aromatic heterocycles. The largest absolute Gasteiger partial charge is 0.327 e. The predicted octanol–water partition coefficient (Wildman–Crippen LogP) is 1.93. The molecule has 1 saturated carbocycles. The molecule has 0 bridgehead atoms. The van der Waals surface area contributed by atoms with E-state index in [1.54, 1.807) is 12.1 Å². The van der Waals surface area contributed by atoms with E-state index in [-0.39, 0.29) is 11.5 Å². The Morgan fingerprint density at radius 2 is 1.76 bits per heavy atom. The molecule has 1 aliphatic rings. The van der Waals surface area contributed by atoms with Crippen molar-refractivity contribution in [3.8, 4) is 0 Å². The van der Waals surface area contributed by atoms with Crippen molar-refractivity contribution in [1.82, 2.24) is 0 Å². The highest BCUT2D eigenvalue weighted by Crippen LogP contribution is 2.51. The van der Waals surface area contributed by atoms with Gasteiger partial charge in [0.1, 0.15) is 0 Å². The van der Waals surface area contributed by atoms with Gasteiger partial charge in [0.25, 0.3) is 0 Å². The predicted molar refractivity (Wildman–Crippen MR) is 68.7 cm³/mol. The van der Waals surface area contributed by atoms with Crippen LogP contribution >= 0.6 is 0 Å². The van der Waals surface area contributed by atoms with E-state index in [1.165, 1.54) is 11.8 Å². The molecule has 1 aromatic carbocycles. The quantitative estimate of drug-likeness (QED) is 0.876. The van der Waals surface area contributed by atoms with E-state index in [1.807, 2.05) is 12.1 Å². The van der Waals surface area contributed by atoms with Gasteiger partial charge in [0.15, 0.2) is 9.84 Å². The standard InChI is InChI=1S/C13H19NO2S/c1-13(2)11(8-12(13)14)9-4-6-10(7-5-9)17(3,15)16/h4-7,11-12H,8,14H2,1-3H3. The summed E-state index contributed by atoms with van der Waals surface area (Å²) in [5.41, 5.74) is 7.28. The molecule has 17 heavy (non-hydrogen) atoms. The Morgan fingerprint density at radius 3 is 2.12 bits per heavy atom. The van der Waals surface area contributed by atoms with E-state index in [9.17, 15) is 8.42 Å². The Balaban J connectivity index is 2.26. The van der Waals surface area contributed by atoms with Crippen molar-refractivity contribution in [3.63, 3.8) is 0 Å². The third kappa shape index (κ3) is 2.11. The molecule has 2 N–H and O–H groups in total. The molecule has 0 radical (unpaired) electrons. The van der Waals surface area contributed by atoms with Crippen molar-refractivity contribution in [3.05, 3.63) is 29.8 Å². The number of hydrogen-bond donors (Lipinski definition) is 1. The maximum Gasteiger partial charge on any atom is 0.175 e. The minimum atomic E-state index is -3.10. The Bertz CT molecular complexity index is 517. The van der Waals surface area contributed by atoms with E-state index < -0.39 is 9.84 Å². The summed E-state index contributed by atoms with van der Waals surface area (Å²) in [6, 6.07) is 7.43. The summed E-state index contributed by atoms with van der Waals surface area (Å²) in [7, 11) is -3.10. The molecular weight excluding hydrogens is 234 g/mol. The minimum Gasteiger partial charge on any atom is -0.327 e. The first kappa shape index (κ1) is 12.6. The third-order valence-electron chi connectivity index (χ3n) is 4.05. The molecule has 0 amide bonds. The van der Waals surface area contributed by atoms with Crippen LogP contribution in [0.3, 0.4) is 0 Å². The van der Waals surface area contributed by atoms with E-state index in [0.717, 1.165) is 6.42 Å². The van der Waals surface area contributed by atoms with Crippen molar-refractivity contribution in [2.24, 2.45) is 11.1 Å². The van der Waals surface area contributed by atoms with Crippen LogP contribution < -0.4 is 5.73 Å². The SMILES string of the molecule is CC1(C)C(N)CC1c1ccc(S(C)(=O)=O)cc1. The van der Waals surface area contributed by atoms with E-state index in [0.29, 0.717) is 10.8 Å². The number of hydrogen-bond acceptors (Lipinski definition) is 3. The van der Waals surface area contributed by atoms with Gasteiger partial charge in [-0.05, 0) is 35.4 Å². The molecule has 1 fully saturated rings. The lowest BCUT2D eigenvalue weighted by atomic mass is 9.57. The van der Waals surface area contributed by atoms with Crippen molar-refractivity contribution < 1.29 is 8.42 Å². The van der Waals surface area contributed by atoms with Crippen LogP contribution in [0.2, 0.25) is 0 Å². The van der Waals surface area contributed by atoms with Crippen LogP contribution in [0, 0.1) is 5.41 Å². The van der Waals surface area contributed by atoms with Crippen molar-refractivity contribution >= 4 is 9.84 Å². The van der Waals surface area contributed by atoms with Crippen molar-refractivity contribution in [2.45, 2.75) is 37.1 Å². The topological polar surface area (TPSA) is 60.2 Å². The fourth-order valence-corrected chi connectivity index (χ4v) is 3.10. The molecule has 2 rings (SSSR count). The smallest absolute Gasteiger partial charge is 0.175 e. The second-order valence-electron chi connectivity index (χ2n) is 5.56. The van der Waals surface area contributed by atoms with Gasteiger partial charge in [-0.3, -0.25) is 0 Å². The van der Waals surface area contributed by atoms with E-state index >= 15 is 0 Å². The maximum absolute atomic E-state index is 11.4. The van der Waals surface area contributed by atoms with Gasteiger partial charge in [0, 0.05) is 12.3 Å². The third-order valence-corrected chi connectivity index (χ3v) is 5.18. The summed E-state index contributed by atoms with van der Waals surface area (Å²) in [6.45, 7) is 4.33. The first-order valence-corrected chi connectivity index (χ1v) is 7.67. The molecule has 0 spiro atoms. The van der Waals surface area contributed by atoms with Crippen LogP contribution in [0.1, 0.15) is 31.7 Å². The molecule has 4 heteroatoms. The number of sulfone groups is 1. The van der Waals surface area contributed by atoms with Gasteiger partial charge in [0.2, 0.25) is 0 Å². The first-order chi connectivity index (χ1) is 7.73. The van der Waals surface area contributed by atoms with Crippen LogP contribution in [-0.4, -0.2) is 20.7 Å². The molecule has 1 aliphatic carbocycles. The molecule has 2 unspecified atom stereocenters. The van der Waals surface area contributed by atoms with Gasteiger partial charge in [-0.2, -0.15) is 0 Å². The monoisotopic (exact) mass is 253 g/mol. The zero-order valence-corrected chi connectivity index (χ0v) is 11.3. The number of rotatable bonds is 2. The average Bonchev–Trinajstić information content (AvgIpc) is 2.25. The number of nitrogens with two attached hydrogens (primary N) is 1. The Labute approximate surface area is 103 Å². The zero-order chi connectivity index (χ0) is 12.8. The van der Waals surface area contributed by atoms with Crippen molar-refractivity contribution in [1.29, 1.82) is 0 Å². The fourth-order valence-electron chi connectivity index (χ4n) is 2.47. The van der Waals surface area contributed by atoms with Gasteiger partial charge in [-0.15, -0.1) is 0 Å². The summed E-state index contributed by atoms with van der Waals surface area (Å²) >= 11 is 0. The summed E-state index contributed by atoms with van der Waals surface area (Å²) in [5.74, 6) is 0.436. The van der Waals surface area contributed by atoms with Gasteiger partial charge in [0.05, 0.1) is 4.90 Å². The van der Waals surface area contributed by atoms with Gasteiger partial charge in [-0.1, -0.05) is 26.0 Å². The Kier molecular flexibility index (Phi) is 2.83. The van der Waals surface area contributed by atoms with Crippen LogP contribution in [0.15, 0.2) is 29.2 Å². The normalized spacial score (nSPS) is 27.5. The molecule has 0 aliphatic heterocycles. The lowest BCUT2D eigenvalue weighted by Crippen LogP contribution is -2.52. The summed E-state index contributed by atoms with van der Waals surface area (Å²) in [4.78, 5) is 0.377. The van der Waals surface area contributed by atoms with Crippen molar-refractivity contribution in [2.75, 3.05) is 6.26 Å². The van der Waals surface area contributed by atoms with Crippen LogP contribution in [0.4, 0.5) is 0 Å². The van der Waals surface area contributed by atoms with Crippen LogP contribution in [0.25, 0.3) is 0 Å². The fraction of sp³-hybridized carbons (Fsp3) is 0.538. The molecule has 0 heterocycles. The summed E-state index contributed by atoms with van der Waals surface area (Å²) in [5, 5.41) is 0. The van der Waals surface area contributed by atoms with E-state index in [4.69, 9.17) is 5.73 Å². The maximum atomic E-state index is 11.4. The highest BCUT2D eigenvalue weighted by atomic mass is 32.2.